The Balaban J connectivity index is 1.44. The molecule has 0 atom stereocenters. The number of hydrogen-bond donors (Lipinski definition) is 1. The van der Waals surface area contributed by atoms with Crippen molar-refractivity contribution < 1.29 is 4.79 Å². The zero-order valence-corrected chi connectivity index (χ0v) is 15.6. The molecule has 0 saturated carbocycles. The molecule has 1 saturated heterocycles. The van der Waals surface area contributed by atoms with E-state index < -0.39 is 0 Å². The number of rotatable bonds is 4. The number of nitrogens with zero attached hydrogens (tertiary/aromatic N) is 4. The molecule has 1 aromatic carbocycles. The van der Waals surface area contributed by atoms with Gasteiger partial charge in [0.05, 0.1) is 23.3 Å². The summed E-state index contributed by atoms with van der Waals surface area (Å²) >= 11 is 0. The standard InChI is InChI=1S/C21H23N5O/c1-15-13-16(2)26(24-15)19-8-5-17(6-9-19)21(27)23-18-7-10-20(22-14-18)25-11-3-4-12-25/h5-10,13-14H,3-4,11-12H2,1-2H3,(H,23,27). The first-order valence-electron chi connectivity index (χ1n) is 9.26. The molecule has 3 heterocycles. The monoisotopic (exact) mass is 361 g/mol. The Morgan fingerprint density at radius 2 is 1.78 bits per heavy atom. The predicted octanol–water partition coefficient (Wildman–Crippen LogP) is 3.74. The van der Waals surface area contributed by atoms with E-state index in [-0.39, 0.29) is 5.91 Å². The van der Waals surface area contributed by atoms with Crippen molar-refractivity contribution in [2.24, 2.45) is 0 Å². The van der Waals surface area contributed by atoms with Gasteiger partial charge in [-0.05, 0) is 69.2 Å². The van der Waals surface area contributed by atoms with Crippen molar-refractivity contribution in [2.45, 2.75) is 26.7 Å². The first-order valence-corrected chi connectivity index (χ1v) is 9.26. The zero-order valence-electron chi connectivity index (χ0n) is 15.6. The van der Waals surface area contributed by atoms with E-state index in [1.165, 1.54) is 12.8 Å². The third-order valence-corrected chi connectivity index (χ3v) is 4.82. The van der Waals surface area contributed by atoms with Gasteiger partial charge in [0.1, 0.15) is 5.82 Å². The highest BCUT2D eigenvalue weighted by Crippen LogP contribution is 2.20. The van der Waals surface area contributed by atoms with E-state index in [1.807, 2.05) is 61.0 Å². The van der Waals surface area contributed by atoms with E-state index in [0.717, 1.165) is 36.0 Å². The number of nitrogens with one attached hydrogen (secondary N) is 1. The van der Waals surface area contributed by atoms with Gasteiger partial charge >= 0.3 is 0 Å². The molecule has 2 aromatic heterocycles. The minimum absolute atomic E-state index is 0.148. The van der Waals surface area contributed by atoms with Crippen molar-refractivity contribution in [1.82, 2.24) is 14.8 Å². The summed E-state index contributed by atoms with van der Waals surface area (Å²) in [5.74, 6) is 0.824. The zero-order chi connectivity index (χ0) is 18.8. The Kier molecular flexibility index (Phi) is 4.62. The van der Waals surface area contributed by atoms with Crippen molar-refractivity contribution in [3.63, 3.8) is 0 Å². The highest BCUT2D eigenvalue weighted by atomic mass is 16.1. The molecule has 27 heavy (non-hydrogen) atoms. The second-order valence-corrected chi connectivity index (χ2v) is 6.94. The summed E-state index contributed by atoms with van der Waals surface area (Å²) in [5.41, 5.74) is 4.27. The molecule has 0 unspecified atom stereocenters. The van der Waals surface area contributed by atoms with E-state index in [4.69, 9.17) is 0 Å². The molecule has 0 spiro atoms. The quantitative estimate of drug-likeness (QED) is 0.769. The number of carbonyl (C=O) groups is 1. The van der Waals surface area contributed by atoms with Gasteiger partial charge in [-0.3, -0.25) is 4.79 Å². The van der Waals surface area contributed by atoms with Crippen molar-refractivity contribution in [2.75, 3.05) is 23.3 Å². The number of benzene rings is 1. The highest BCUT2D eigenvalue weighted by Gasteiger charge is 2.14. The van der Waals surface area contributed by atoms with Crippen LogP contribution in [0.15, 0.2) is 48.7 Å². The maximum atomic E-state index is 12.5. The topological polar surface area (TPSA) is 63.1 Å². The smallest absolute Gasteiger partial charge is 0.255 e. The molecule has 138 valence electrons. The van der Waals surface area contributed by atoms with Gasteiger partial charge in [0, 0.05) is 24.3 Å². The van der Waals surface area contributed by atoms with E-state index in [0.29, 0.717) is 11.3 Å². The molecule has 0 radical (unpaired) electrons. The summed E-state index contributed by atoms with van der Waals surface area (Å²) in [7, 11) is 0. The third kappa shape index (κ3) is 3.69. The molecular weight excluding hydrogens is 338 g/mol. The summed E-state index contributed by atoms with van der Waals surface area (Å²) in [4.78, 5) is 19.2. The lowest BCUT2D eigenvalue weighted by Crippen LogP contribution is -2.19. The number of aromatic nitrogens is 3. The van der Waals surface area contributed by atoms with Crippen LogP contribution in [0.1, 0.15) is 34.6 Å². The van der Waals surface area contributed by atoms with Gasteiger partial charge in [-0.25, -0.2) is 9.67 Å². The van der Waals surface area contributed by atoms with E-state index >= 15 is 0 Å². The fraction of sp³-hybridized carbons (Fsp3) is 0.286. The first kappa shape index (κ1) is 17.3. The second-order valence-electron chi connectivity index (χ2n) is 6.94. The van der Waals surface area contributed by atoms with Crippen LogP contribution in [0.4, 0.5) is 11.5 Å². The normalized spacial score (nSPS) is 13.8. The highest BCUT2D eigenvalue weighted by molar-refractivity contribution is 6.04. The molecule has 1 aliphatic heterocycles. The van der Waals surface area contributed by atoms with Crippen LogP contribution in [0.25, 0.3) is 5.69 Å². The minimum Gasteiger partial charge on any atom is -0.357 e. The van der Waals surface area contributed by atoms with Gasteiger partial charge in [-0.2, -0.15) is 5.10 Å². The number of hydrogen-bond acceptors (Lipinski definition) is 4. The molecule has 1 fully saturated rings. The molecule has 3 aromatic rings. The Hall–Kier alpha value is -3.15. The lowest BCUT2D eigenvalue weighted by atomic mass is 10.2. The van der Waals surface area contributed by atoms with Gasteiger partial charge in [-0.15, -0.1) is 0 Å². The van der Waals surface area contributed by atoms with Gasteiger partial charge in [0.2, 0.25) is 0 Å². The lowest BCUT2D eigenvalue weighted by molar-refractivity contribution is 0.102. The van der Waals surface area contributed by atoms with Crippen LogP contribution < -0.4 is 10.2 Å². The molecule has 6 heteroatoms. The van der Waals surface area contributed by atoms with Gasteiger partial charge in [0.15, 0.2) is 0 Å². The summed E-state index contributed by atoms with van der Waals surface area (Å²) in [6, 6.07) is 13.3. The lowest BCUT2D eigenvalue weighted by Gasteiger charge is -2.16. The van der Waals surface area contributed by atoms with Crippen molar-refractivity contribution in [3.8, 4) is 5.69 Å². The predicted molar refractivity (Wildman–Crippen MR) is 107 cm³/mol. The maximum Gasteiger partial charge on any atom is 0.255 e. The number of carbonyl (C=O) groups excluding carboxylic acids is 1. The summed E-state index contributed by atoms with van der Waals surface area (Å²) in [6.07, 6.45) is 4.15. The number of aryl methyl sites for hydroxylation is 2. The van der Waals surface area contributed by atoms with Crippen LogP contribution in [-0.4, -0.2) is 33.8 Å². The van der Waals surface area contributed by atoms with Crippen molar-refractivity contribution >= 4 is 17.4 Å². The fourth-order valence-corrected chi connectivity index (χ4v) is 3.44. The van der Waals surface area contributed by atoms with E-state index in [9.17, 15) is 4.79 Å². The summed E-state index contributed by atoms with van der Waals surface area (Å²) in [6.45, 7) is 6.09. The van der Waals surface area contributed by atoms with Crippen LogP contribution >= 0.6 is 0 Å². The van der Waals surface area contributed by atoms with Gasteiger partial charge in [-0.1, -0.05) is 0 Å². The van der Waals surface area contributed by atoms with Crippen LogP contribution in [0.2, 0.25) is 0 Å². The number of anilines is 2. The average molecular weight is 361 g/mol. The molecular formula is C21H23N5O. The van der Waals surface area contributed by atoms with Gasteiger partial charge in [0.25, 0.3) is 5.91 Å². The average Bonchev–Trinajstić information content (AvgIpc) is 3.32. The van der Waals surface area contributed by atoms with Crippen LogP contribution in [0.5, 0.6) is 0 Å². The van der Waals surface area contributed by atoms with Crippen LogP contribution in [0.3, 0.4) is 0 Å². The Morgan fingerprint density at radius 1 is 1.04 bits per heavy atom. The fourth-order valence-electron chi connectivity index (χ4n) is 3.44. The first-order chi connectivity index (χ1) is 13.1. The molecule has 0 bridgehead atoms. The molecule has 1 N–H and O–H groups in total. The molecule has 1 aliphatic rings. The Bertz CT molecular complexity index is 938. The Labute approximate surface area is 158 Å². The minimum atomic E-state index is -0.148. The molecule has 0 aliphatic carbocycles. The van der Waals surface area contributed by atoms with Crippen molar-refractivity contribution in [3.05, 3.63) is 65.6 Å². The van der Waals surface area contributed by atoms with Crippen molar-refractivity contribution in [1.29, 1.82) is 0 Å². The molecule has 4 rings (SSSR count). The SMILES string of the molecule is Cc1cc(C)n(-c2ccc(C(=O)Nc3ccc(N4CCCC4)nc3)cc2)n1. The van der Waals surface area contributed by atoms with Gasteiger partial charge < -0.3 is 10.2 Å². The third-order valence-electron chi connectivity index (χ3n) is 4.82. The summed E-state index contributed by atoms with van der Waals surface area (Å²) < 4.78 is 1.87. The molecule has 1 amide bonds. The number of amides is 1. The largest absolute Gasteiger partial charge is 0.357 e. The Morgan fingerprint density at radius 3 is 2.37 bits per heavy atom. The second kappa shape index (κ2) is 7.23. The molecule has 6 nitrogen and oxygen atoms in total. The van der Waals surface area contributed by atoms with E-state index in [1.54, 1.807) is 6.20 Å². The summed E-state index contributed by atoms with van der Waals surface area (Å²) in [5, 5.41) is 7.38. The van der Waals surface area contributed by atoms with Crippen LogP contribution in [0, 0.1) is 13.8 Å². The number of pyridine rings is 1. The van der Waals surface area contributed by atoms with Crippen LogP contribution in [-0.2, 0) is 0 Å². The maximum absolute atomic E-state index is 12.5. The van der Waals surface area contributed by atoms with E-state index in [2.05, 4.69) is 20.3 Å².